The van der Waals surface area contributed by atoms with E-state index in [9.17, 15) is 18.0 Å². The summed E-state index contributed by atoms with van der Waals surface area (Å²) < 4.78 is 26.4. The molecule has 0 spiro atoms. The zero-order valence-electron chi connectivity index (χ0n) is 13.8. The summed E-state index contributed by atoms with van der Waals surface area (Å²) in [5.74, 6) is 0.150. The number of benzene rings is 1. The molecule has 1 aromatic carbocycles. The smallest absolute Gasteiger partial charge is 0.243 e. The Hall–Kier alpha value is -1.97. The number of hydrogen-bond donors (Lipinski definition) is 3. The van der Waals surface area contributed by atoms with E-state index in [2.05, 4.69) is 16.0 Å². The minimum Gasteiger partial charge on any atom is -0.354 e. The van der Waals surface area contributed by atoms with Crippen LogP contribution in [0.2, 0.25) is 0 Å². The number of anilines is 1. The fraction of sp³-hybridized carbons (Fsp3) is 0.500. The second-order valence-electron chi connectivity index (χ2n) is 6.34. The summed E-state index contributed by atoms with van der Waals surface area (Å²) in [5.41, 5.74) is 0.417. The Morgan fingerprint density at radius 2 is 2.12 bits per heavy atom. The highest BCUT2D eigenvalue weighted by Gasteiger charge is 2.29. The normalized spacial score (nSPS) is 18.6. The fourth-order valence-electron chi connectivity index (χ4n) is 2.62. The molecule has 9 heteroatoms. The van der Waals surface area contributed by atoms with E-state index in [4.69, 9.17) is 0 Å². The minimum atomic E-state index is -3.77. The summed E-state index contributed by atoms with van der Waals surface area (Å²) in [4.78, 5) is 23.4. The van der Waals surface area contributed by atoms with Crippen LogP contribution >= 0.6 is 0 Å². The monoisotopic (exact) mass is 366 g/mol. The van der Waals surface area contributed by atoms with Crippen LogP contribution in [0.3, 0.4) is 0 Å². The van der Waals surface area contributed by atoms with Crippen molar-refractivity contribution in [1.82, 2.24) is 14.9 Å². The largest absolute Gasteiger partial charge is 0.354 e. The molecule has 0 aromatic heterocycles. The predicted octanol–water partition coefficient (Wildman–Crippen LogP) is -0.255. The van der Waals surface area contributed by atoms with Gasteiger partial charge in [0, 0.05) is 18.8 Å². The summed E-state index contributed by atoms with van der Waals surface area (Å²) in [7, 11) is -3.77. The number of sulfonamides is 1. The van der Waals surface area contributed by atoms with Crippen molar-refractivity contribution in [2.45, 2.75) is 17.7 Å². The molecule has 1 aliphatic carbocycles. The summed E-state index contributed by atoms with van der Waals surface area (Å²) in [6, 6.07) is 6.09. The van der Waals surface area contributed by atoms with Crippen LogP contribution < -0.4 is 16.0 Å². The molecule has 1 heterocycles. The van der Waals surface area contributed by atoms with Crippen molar-refractivity contribution in [3.63, 3.8) is 0 Å². The molecule has 136 valence electrons. The van der Waals surface area contributed by atoms with Gasteiger partial charge < -0.3 is 16.0 Å². The Labute approximate surface area is 147 Å². The average molecular weight is 366 g/mol. The van der Waals surface area contributed by atoms with Gasteiger partial charge in [0.1, 0.15) is 0 Å². The summed E-state index contributed by atoms with van der Waals surface area (Å²) in [6.45, 7) is 1.36. The zero-order chi connectivity index (χ0) is 17.9. The topological polar surface area (TPSA) is 108 Å². The third-order valence-corrected chi connectivity index (χ3v) is 6.02. The maximum Gasteiger partial charge on any atom is 0.243 e. The van der Waals surface area contributed by atoms with E-state index in [0.717, 1.165) is 10.8 Å². The van der Waals surface area contributed by atoms with Crippen LogP contribution in [0.15, 0.2) is 29.2 Å². The van der Waals surface area contributed by atoms with Gasteiger partial charge in [0.15, 0.2) is 0 Å². The van der Waals surface area contributed by atoms with Crippen molar-refractivity contribution in [3.05, 3.63) is 24.3 Å². The fourth-order valence-corrected chi connectivity index (χ4v) is 4.06. The van der Waals surface area contributed by atoms with Crippen LogP contribution in [0.4, 0.5) is 5.69 Å². The molecule has 8 nitrogen and oxygen atoms in total. The molecule has 2 amide bonds. The number of hydrogen-bond acceptors (Lipinski definition) is 5. The Kier molecular flexibility index (Phi) is 5.36. The summed E-state index contributed by atoms with van der Waals surface area (Å²) in [6.07, 6.45) is 2.42. The van der Waals surface area contributed by atoms with Crippen LogP contribution in [-0.2, 0) is 19.6 Å². The molecule has 0 atom stereocenters. The van der Waals surface area contributed by atoms with Crippen molar-refractivity contribution in [3.8, 4) is 0 Å². The van der Waals surface area contributed by atoms with Gasteiger partial charge in [-0.25, -0.2) is 8.42 Å². The quantitative estimate of drug-likeness (QED) is 0.617. The maximum absolute atomic E-state index is 12.6. The SMILES string of the molecule is O=C1CN(S(=O)(=O)c2cccc(NC(=O)CNCC3CC3)c2)CCN1. The third-order valence-electron chi connectivity index (χ3n) is 4.17. The lowest BCUT2D eigenvalue weighted by Gasteiger charge is -2.26. The molecule has 1 saturated carbocycles. The van der Waals surface area contributed by atoms with Gasteiger partial charge in [-0.15, -0.1) is 0 Å². The molecule has 1 aromatic rings. The minimum absolute atomic E-state index is 0.0611. The van der Waals surface area contributed by atoms with E-state index in [0.29, 0.717) is 18.2 Å². The van der Waals surface area contributed by atoms with E-state index in [-0.39, 0.29) is 36.3 Å². The Balaban J connectivity index is 1.63. The van der Waals surface area contributed by atoms with Crippen LogP contribution in [0.1, 0.15) is 12.8 Å². The second-order valence-corrected chi connectivity index (χ2v) is 8.28. The number of nitrogens with zero attached hydrogens (tertiary/aromatic N) is 1. The molecule has 0 unspecified atom stereocenters. The Morgan fingerprint density at radius 3 is 2.84 bits per heavy atom. The lowest BCUT2D eigenvalue weighted by Crippen LogP contribution is -2.49. The van der Waals surface area contributed by atoms with E-state index in [1.54, 1.807) is 12.1 Å². The van der Waals surface area contributed by atoms with Gasteiger partial charge in [-0.2, -0.15) is 4.31 Å². The Bertz CT molecular complexity index is 761. The molecular formula is C16H22N4O4S. The first kappa shape index (κ1) is 17.8. The van der Waals surface area contributed by atoms with Crippen LogP contribution in [-0.4, -0.2) is 57.3 Å². The van der Waals surface area contributed by atoms with Crippen LogP contribution in [0.5, 0.6) is 0 Å². The molecule has 3 rings (SSSR count). The number of carbonyl (C=O) groups is 2. The maximum atomic E-state index is 12.6. The zero-order valence-corrected chi connectivity index (χ0v) is 14.6. The lowest BCUT2D eigenvalue weighted by molar-refractivity contribution is -0.122. The van der Waals surface area contributed by atoms with Crippen molar-refractivity contribution in [2.24, 2.45) is 5.92 Å². The number of carbonyl (C=O) groups excluding carboxylic acids is 2. The molecule has 2 aliphatic rings. The van der Waals surface area contributed by atoms with Crippen LogP contribution in [0.25, 0.3) is 0 Å². The van der Waals surface area contributed by atoms with E-state index in [1.807, 2.05) is 0 Å². The summed E-state index contributed by atoms with van der Waals surface area (Å²) in [5, 5.41) is 8.38. The first-order valence-corrected chi connectivity index (χ1v) is 9.76. The second kappa shape index (κ2) is 7.51. The highest BCUT2D eigenvalue weighted by atomic mass is 32.2. The molecule has 0 bridgehead atoms. The van der Waals surface area contributed by atoms with Gasteiger partial charge in [-0.05, 0) is 43.5 Å². The average Bonchev–Trinajstić information content (AvgIpc) is 3.39. The van der Waals surface area contributed by atoms with Gasteiger partial charge in [0.25, 0.3) is 0 Å². The van der Waals surface area contributed by atoms with Crippen molar-refractivity contribution >= 4 is 27.5 Å². The first-order chi connectivity index (χ1) is 11.9. The van der Waals surface area contributed by atoms with Gasteiger partial charge in [0.2, 0.25) is 21.8 Å². The van der Waals surface area contributed by atoms with Gasteiger partial charge in [-0.3, -0.25) is 9.59 Å². The Morgan fingerprint density at radius 1 is 1.32 bits per heavy atom. The molecule has 0 radical (unpaired) electrons. The van der Waals surface area contributed by atoms with E-state index in [1.165, 1.54) is 25.0 Å². The van der Waals surface area contributed by atoms with Crippen molar-refractivity contribution in [2.75, 3.05) is 38.0 Å². The van der Waals surface area contributed by atoms with E-state index >= 15 is 0 Å². The van der Waals surface area contributed by atoms with Crippen molar-refractivity contribution in [1.29, 1.82) is 0 Å². The first-order valence-electron chi connectivity index (χ1n) is 8.32. The van der Waals surface area contributed by atoms with Gasteiger partial charge >= 0.3 is 0 Å². The molecule has 2 fully saturated rings. The number of nitrogens with one attached hydrogen (secondary N) is 3. The number of amides is 2. The molecule has 1 saturated heterocycles. The molecule has 1 aliphatic heterocycles. The predicted molar refractivity (Wildman–Crippen MR) is 92.4 cm³/mol. The highest BCUT2D eigenvalue weighted by Crippen LogP contribution is 2.27. The molecule has 25 heavy (non-hydrogen) atoms. The third kappa shape index (κ3) is 4.77. The molecule has 3 N–H and O–H groups in total. The lowest BCUT2D eigenvalue weighted by atomic mass is 10.3. The standard InChI is InChI=1S/C16H22N4O4S/c21-15(10-17-9-12-4-5-12)19-13-2-1-3-14(8-13)25(23,24)20-7-6-18-16(22)11-20/h1-3,8,12,17H,4-7,9-11H2,(H,18,22)(H,19,21). The molecular weight excluding hydrogens is 344 g/mol. The van der Waals surface area contributed by atoms with Gasteiger partial charge in [-0.1, -0.05) is 6.07 Å². The number of rotatable bonds is 7. The van der Waals surface area contributed by atoms with Gasteiger partial charge in [0.05, 0.1) is 18.0 Å². The highest BCUT2D eigenvalue weighted by molar-refractivity contribution is 7.89. The summed E-state index contributed by atoms with van der Waals surface area (Å²) >= 11 is 0. The van der Waals surface area contributed by atoms with Crippen molar-refractivity contribution < 1.29 is 18.0 Å². The number of piperazine rings is 1. The van der Waals surface area contributed by atoms with E-state index < -0.39 is 10.0 Å². The van der Waals surface area contributed by atoms with Crippen LogP contribution in [0, 0.1) is 5.92 Å².